The van der Waals surface area contributed by atoms with E-state index in [0.29, 0.717) is 4.90 Å². The Balaban J connectivity index is 1.95. The van der Waals surface area contributed by atoms with Crippen LogP contribution in [0, 0.1) is 5.82 Å². The molecule has 21 heavy (non-hydrogen) atoms. The second-order valence-electron chi connectivity index (χ2n) is 4.78. The normalized spacial score (nSPS) is 12.1. The van der Waals surface area contributed by atoms with Crippen molar-refractivity contribution in [3.63, 3.8) is 0 Å². The van der Waals surface area contributed by atoms with E-state index in [1.807, 2.05) is 37.4 Å². The molecule has 4 heteroatoms. The predicted molar refractivity (Wildman–Crippen MR) is 86.7 cm³/mol. The summed E-state index contributed by atoms with van der Waals surface area (Å²) in [6, 6.07) is 15.2. The van der Waals surface area contributed by atoms with Gasteiger partial charge >= 0.3 is 0 Å². The maximum Gasteiger partial charge on any atom is 0.136 e. The van der Waals surface area contributed by atoms with Gasteiger partial charge in [-0.1, -0.05) is 24.3 Å². The average molecular weight is 305 g/mol. The van der Waals surface area contributed by atoms with Gasteiger partial charge in [-0.2, -0.15) is 0 Å². The van der Waals surface area contributed by atoms with Crippen LogP contribution in [0.1, 0.15) is 5.56 Å². The molecule has 0 saturated heterocycles. The molecule has 0 bridgehead atoms. The van der Waals surface area contributed by atoms with Crippen molar-refractivity contribution in [3.05, 3.63) is 59.9 Å². The molecule has 0 spiro atoms. The van der Waals surface area contributed by atoms with Gasteiger partial charge in [0.05, 0.1) is 7.11 Å². The van der Waals surface area contributed by atoms with Gasteiger partial charge in [0, 0.05) is 16.7 Å². The van der Waals surface area contributed by atoms with E-state index in [9.17, 15) is 4.39 Å². The number of nitrogens with one attached hydrogen (secondary N) is 1. The van der Waals surface area contributed by atoms with Crippen molar-refractivity contribution < 1.29 is 9.13 Å². The van der Waals surface area contributed by atoms with E-state index in [0.717, 1.165) is 17.9 Å². The molecule has 2 aromatic carbocycles. The second kappa shape index (κ2) is 8.05. The van der Waals surface area contributed by atoms with Crippen LogP contribution in [0.25, 0.3) is 0 Å². The first kappa shape index (κ1) is 15.9. The Morgan fingerprint density at radius 3 is 2.71 bits per heavy atom. The van der Waals surface area contributed by atoms with Crippen LogP contribution >= 0.6 is 11.8 Å². The SMILES string of the molecule is CNC(CSc1ccccc1F)Cc1cccc(OC)c1. The smallest absolute Gasteiger partial charge is 0.136 e. The van der Waals surface area contributed by atoms with Crippen LogP contribution in [-0.4, -0.2) is 26.0 Å². The molecule has 0 saturated carbocycles. The number of rotatable bonds is 7. The fraction of sp³-hybridized carbons (Fsp3) is 0.294. The molecule has 0 radical (unpaired) electrons. The highest BCUT2D eigenvalue weighted by Gasteiger charge is 2.10. The summed E-state index contributed by atoms with van der Waals surface area (Å²) in [5.41, 5.74) is 1.21. The van der Waals surface area contributed by atoms with E-state index in [4.69, 9.17) is 4.74 Å². The fourth-order valence-electron chi connectivity index (χ4n) is 2.08. The summed E-state index contributed by atoms with van der Waals surface area (Å²) in [6.45, 7) is 0. The number of benzene rings is 2. The summed E-state index contributed by atoms with van der Waals surface area (Å²) < 4.78 is 18.9. The molecule has 2 rings (SSSR count). The summed E-state index contributed by atoms with van der Waals surface area (Å²) in [7, 11) is 3.61. The van der Waals surface area contributed by atoms with Crippen LogP contribution in [0.2, 0.25) is 0 Å². The highest BCUT2D eigenvalue weighted by molar-refractivity contribution is 7.99. The maximum atomic E-state index is 13.6. The average Bonchev–Trinajstić information content (AvgIpc) is 2.53. The largest absolute Gasteiger partial charge is 0.497 e. The summed E-state index contributed by atoms with van der Waals surface area (Å²) in [5, 5.41) is 3.29. The first-order chi connectivity index (χ1) is 10.2. The van der Waals surface area contributed by atoms with E-state index in [-0.39, 0.29) is 11.9 Å². The first-order valence-electron chi connectivity index (χ1n) is 6.90. The molecule has 0 fully saturated rings. The summed E-state index contributed by atoms with van der Waals surface area (Å²) in [4.78, 5) is 0.698. The van der Waals surface area contributed by atoms with Gasteiger partial charge in [0.1, 0.15) is 11.6 Å². The van der Waals surface area contributed by atoms with Gasteiger partial charge in [0.15, 0.2) is 0 Å². The van der Waals surface area contributed by atoms with Crippen LogP contribution in [0.15, 0.2) is 53.4 Å². The van der Waals surface area contributed by atoms with Gasteiger partial charge in [-0.3, -0.25) is 0 Å². The molecule has 0 aliphatic rings. The zero-order valence-corrected chi connectivity index (χ0v) is 13.1. The fourth-order valence-corrected chi connectivity index (χ4v) is 3.13. The number of hydrogen-bond donors (Lipinski definition) is 1. The zero-order valence-electron chi connectivity index (χ0n) is 12.3. The van der Waals surface area contributed by atoms with E-state index >= 15 is 0 Å². The van der Waals surface area contributed by atoms with Gasteiger partial charge in [0.2, 0.25) is 0 Å². The van der Waals surface area contributed by atoms with Crippen molar-refractivity contribution in [1.29, 1.82) is 0 Å². The highest BCUT2D eigenvalue weighted by Crippen LogP contribution is 2.23. The number of halogens is 1. The number of thioether (sulfide) groups is 1. The van der Waals surface area contributed by atoms with Gasteiger partial charge < -0.3 is 10.1 Å². The lowest BCUT2D eigenvalue weighted by molar-refractivity contribution is 0.414. The number of likely N-dealkylation sites (N-methyl/N-ethyl adjacent to an activating group) is 1. The van der Waals surface area contributed by atoms with Crippen molar-refractivity contribution in [2.24, 2.45) is 0 Å². The van der Waals surface area contributed by atoms with Crippen LogP contribution in [0.3, 0.4) is 0 Å². The molecule has 0 amide bonds. The molecule has 0 heterocycles. The third-order valence-electron chi connectivity index (χ3n) is 3.30. The summed E-state index contributed by atoms with van der Waals surface area (Å²) >= 11 is 1.54. The Kier molecular flexibility index (Phi) is 6.08. The van der Waals surface area contributed by atoms with E-state index in [2.05, 4.69) is 11.4 Å². The van der Waals surface area contributed by atoms with Crippen molar-refractivity contribution in [3.8, 4) is 5.75 Å². The zero-order chi connectivity index (χ0) is 15.1. The lowest BCUT2D eigenvalue weighted by Crippen LogP contribution is -2.30. The number of ether oxygens (including phenoxy) is 1. The molecule has 112 valence electrons. The van der Waals surface area contributed by atoms with E-state index in [1.165, 1.54) is 11.6 Å². The van der Waals surface area contributed by atoms with Crippen molar-refractivity contribution >= 4 is 11.8 Å². The second-order valence-corrected chi connectivity index (χ2v) is 5.84. The molecule has 0 aromatic heterocycles. The standard InChI is InChI=1S/C17H20FNOS/c1-19-14(10-13-6-5-7-15(11-13)20-2)12-21-17-9-4-3-8-16(17)18/h3-9,11,14,19H,10,12H2,1-2H3. The molecular weight excluding hydrogens is 285 g/mol. The Morgan fingerprint density at radius 2 is 2.00 bits per heavy atom. The molecule has 2 aromatic rings. The Bertz CT molecular complexity index is 576. The van der Waals surface area contributed by atoms with Crippen LogP contribution in [-0.2, 0) is 6.42 Å². The Hall–Kier alpha value is -1.52. The van der Waals surface area contributed by atoms with E-state index in [1.54, 1.807) is 24.9 Å². The predicted octanol–water partition coefficient (Wildman–Crippen LogP) is 3.76. The first-order valence-corrected chi connectivity index (χ1v) is 7.89. The van der Waals surface area contributed by atoms with Gasteiger partial charge in [-0.05, 0) is 43.3 Å². The molecular formula is C17H20FNOS. The molecule has 1 N–H and O–H groups in total. The third kappa shape index (κ3) is 4.76. The monoisotopic (exact) mass is 305 g/mol. The molecule has 1 unspecified atom stereocenters. The van der Waals surface area contributed by atoms with Crippen LogP contribution in [0.4, 0.5) is 4.39 Å². The Morgan fingerprint density at radius 1 is 1.19 bits per heavy atom. The highest BCUT2D eigenvalue weighted by atomic mass is 32.2. The number of hydrogen-bond acceptors (Lipinski definition) is 3. The van der Waals surface area contributed by atoms with Gasteiger partial charge in [0.25, 0.3) is 0 Å². The quantitative estimate of drug-likeness (QED) is 0.787. The molecule has 0 aliphatic carbocycles. The molecule has 1 atom stereocenters. The minimum absolute atomic E-state index is 0.154. The Labute approximate surface area is 129 Å². The lowest BCUT2D eigenvalue weighted by atomic mass is 10.1. The molecule has 2 nitrogen and oxygen atoms in total. The minimum Gasteiger partial charge on any atom is -0.497 e. The van der Waals surface area contributed by atoms with Gasteiger partial charge in [-0.15, -0.1) is 11.8 Å². The van der Waals surface area contributed by atoms with Crippen molar-refractivity contribution in [1.82, 2.24) is 5.32 Å². The third-order valence-corrected chi connectivity index (χ3v) is 4.51. The summed E-state index contributed by atoms with van der Waals surface area (Å²) in [5.74, 6) is 1.53. The van der Waals surface area contributed by atoms with Gasteiger partial charge in [-0.25, -0.2) is 4.39 Å². The maximum absolute atomic E-state index is 13.6. The van der Waals surface area contributed by atoms with Crippen molar-refractivity contribution in [2.45, 2.75) is 17.4 Å². The lowest BCUT2D eigenvalue weighted by Gasteiger charge is -2.16. The topological polar surface area (TPSA) is 21.3 Å². The minimum atomic E-state index is -0.154. The molecule has 0 aliphatic heterocycles. The van der Waals surface area contributed by atoms with Crippen molar-refractivity contribution in [2.75, 3.05) is 19.9 Å². The van der Waals surface area contributed by atoms with Crippen LogP contribution in [0.5, 0.6) is 5.75 Å². The van der Waals surface area contributed by atoms with E-state index < -0.39 is 0 Å². The van der Waals surface area contributed by atoms with Crippen LogP contribution < -0.4 is 10.1 Å². The number of methoxy groups -OCH3 is 1. The summed E-state index contributed by atoms with van der Waals surface area (Å²) in [6.07, 6.45) is 0.884.